The first kappa shape index (κ1) is 49.4. The fourth-order valence-corrected chi connectivity index (χ4v) is 0. The molecule has 0 atom stereocenters. The topological polar surface area (TPSA) is 207 Å². The van der Waals surface area contributed by atoms with E-state index in [-0.39, 0.29) is 47.5 Å². The van der Waals surface area contributed by atoms with Crippen LogP contribution in [0.15, 0.2) is 0 Å². The fourth-order valence-electron chi connectivity index (χ4n) is 0. The largest absolute Gasteiger partial charge is 3.00 e. The van der Waals surface area contributed by atoms with E-state index in [2.05, 4.69) is 0 Å². The molecule has 0 amide bonds. The van der Waals surface area contributed by atoms with E-state index < -0.39 is 9.76 Å². The SMILES string of the molecule is O=C([OH2+])C(Cl)(Cl)Cl.[Co+3].[NH2-].[NH2-].[NH2-].[NH2-].[NH2-]. The summed E-state index contributed by atoms with van der Waals surface area (Å²) in [6.45, 7) is 0. The molecule has 0 bridgehead atoms. The third-order valence-corrected chi connectivity index (χ3v) is 0.772. The number of alkyl halides is 3. The summed E-state index contributed by atoms with van der Waals surface area (Å²) >= 11 is 14.6. The van der Waals surface area contributed by atoms with Crippen molar-refractivity contribution in [3.8, 4) is 0 Å². The van der Waals surface area contributed by atoms with Gasteiger partial charge >= 0.3 is 26.5 Å². The Morgan fingerprint density at radius 3 is 1.00 bits per heavy atom. The van der Waals surface area contributed by atoms with Crippen LogP contribution in [0.5, 0.6) is 0 Å². The molecule has 7 nitrogen and oxygen atoms in total. The fraction of sp³-hybridized carbons (Fsp3) is 0.500. The van der Waals surface area contributed by atoms with Crippen LogP contribution in [0.4, 0.5) is 0 Å². The van der Waals surface area contributed by atoms with Gasteiger partial charge in [0.2, 0.25) is 0 Å². The third kappa shape index (κ3) is 32.4. The summed E-state index contributed by atoms with van der Waals surface area (Å²) in [7, 11) is 0. The molecule has 0 aromatic rings. The van der Waals surface area contributed by atoms with Gasteiger partial charge in [-0.25, -0.2) is 0 Å². The maximum absolute atomic E-state index is 9.74. The number of halogens is 3. The molecule has 0 rings (SSSR count). The van der Waals surface area contributed by atoms with Crippen LogP contribution < -0.4 is 0 Å². The van der Waals surface area contributed by atoms with E-state index in [4.69, 9.17) is 39.9 Å². The van der Waals surface area contributed by atoms with Crippen LogP contribution in [0.2, 0.25) is 0 Å². The number of carbonyl (C=O) groups is 1. The molecule has 0 fully saturated rings. The van der Waals surface area contributed by atoms with Gasteiger partial charge in [0.25, 0.3) is 0 Å². The summed E-state index contributed by atoms with van der Waals surface area (Å²) in [6.07, 6.45) is 0. The third-order valence-electron chi connectivity index (χ3n) is 0.257. The van der Waals surface area contributed by atoms with Crippen LogP contribution in [0.3, 0.4) is 0 Å². The van der Waals surface area contributed by atoms with Crippen LogP contribution in [0.25, 0.3) is 30.8 Å². The van der Waals surface area contributed by atoms with Gasteiger partial charge in [-0.05, 0) is 0 Å². The number of hydrogen-bond donors (Lipinski definition) is 0. The van der Waals surface area contributed by atoms with E-state index in [1.54, 1.807) is 0 Å². The predicted octanol–water partition coefficient (Wildman–Crippen LogP) is 4.19. The van der Waals surface area contributed by atoms with Crippen molar-refractivity contribution in [1.82, 2.24) is 0 Å². The minimum Gasteiger partial charge on any atom is -0.693 e. The van der Waals surface area contributed by atoms with E-state index in [0.29, 0.717) is 0 Å². The minimum absolute atomic E-state index is 0. The molecule has 0 aromatic carbocycles. The second kappa shape index (κ2) is 18.4. The molecule has 0 saturated carbocycles. The molecule has 0 aliphatic rings. The Hall–Kier alpha value is 0.646. The van der Waals surface area contributed by atoms with Crippen LogP contribution in [0, 0.1) is 0 Å². The molecule has 88 valence electrons. The summed E-state index contributed by atoms with van der Waals surface area (Å²) in [5, 5.41) is 6.19. The van der Waals surface area contributed by atoms with Gasteiger partial charge in [-0.1, -0.05) is 34.8 Å². The van der Waals surface area contributed by atoms with E-state index in [9.17, 15) is 4.79 Å². The zero-order valence-electron chi connectivity index (χ0n) is 6.26. The molecule has 0 aliphatic carbocycles. The predicted molar refractivity (Wildman–Crippen MR) is 55.3 cm³/mol. The van der Waals surface area contributed by atoms with Crippen molar-refractivity contribution in [2.24, 2.45) is 0 Å². The van der Waals surface area contributed by atoms with E-state index in [1.165, 1.54) is 0 Å². The van der Waals surface area contributed by atoms with Gasteiger partial charge in [0, 0.05) is 4.79 Å². The zero-order valence-corrected chi connectivity index (χ0v) is 9.57. The van der Waals surface area contributed by atoms with Gasteiger partial charge in [0.05, 0.1) is 0 Å². The van der Waals surface area contributed by atoms with Gasteiger partial charge in [-0.15, -0.1) is 0 Å². The van der Waals surface area contributed by atoms with E-state index >= 15 is 0 Å². The summed E-state index contributed by atoms with van der Waals surface area (Å²) in [6, 6.07) is 0. The van der Waals surface area contributed by atoms with Crippen LogP contribution in [-0.4, -0.2) is 14.9 Å². The Morgan fingerprint density at radius 1 is 0.923 bits per heavy atom. The number of nitrogens with two attached hydrogens (primary N) is 5. The average Bonchev–Trinajstić information content (AvgIpc) is 1.31. The zero-order chi connectivity index (χ0) is 6.08. The molecule has 0 spiro atoms. The number of rotatable bonds is 0. The van der Waals surface area contributed by atoms with Crippen molar-refractivity contribution in [2.75, 3.05) is 0 Å². The molecular weight excluding hydrogens is 291 g/mol. The van der Waals surface area contributed by atoms with E-state index in [1.807, 2.05) is 0 Å². The van der Waals surface area contributed by atoms with Crippen molar-refractivity contribution in [1.29, 1.82) is 0 Å². The minimum atomic E-state index is -2.06. The van der Waals surface area contributed by atoms with Crippen molar-refractivity contribution in [3.63, 3.8) is 0 Å². The summed E-state index contributed by atoms with van der Waals surface area (Å²) in [5.41, 5.74) is 0. The second-order valence-electron chi connectivity index (χ2n) is 0.827. The molecule has 11 heteroatoms. The summed E-state index contributed by atoms with van der Waals surface area (Å²) < 4.78 is -2.06. The molecule has 0 aliphatic heterocycles. The Morgan fingerprint density at radius 2 is 1.00 bits per heavy atom. The summed E-state index contributed by atoms with van der Waals surface area (Å²) in [4.78, 5) is 9.74. The van der Waals surface area contributed by atoms with Crippen LogP contribution in [0.1, 0.15) is 0 Å². The monoisotopic (exact) mass is 302 g/mol. The summed E-state index contributed by atoms with van der Waals surface area (Å²) in [5.74, 6) is -1.21. The smallest absolute Gasteiger partial charge is 0.693 e. The molecule has 0 saturated heterocycles. The molecule has 0 aromatic heterocycles. The average molecular weight is 303 g/mol. The quantitative estimate of drug-likeness (QED) is 0.467. The normalized spacial score (nSPS) is 6.08. The number of hydrogen-bond acceptors (Lipinski definition) is 1. The van der Waals surface area contributed by atoms with Gasteiger partial charge < -0.3 is 35.9 Å². The van der Waals surface area contributed by atoms with Crippen molar-refractivity contribution >= 4 is 40.8 Å². The Labute approximate surface area is 102 Å². The van der Waals surface area contributed by atoms with Crippen molar-refractivity contribution in [3.05, 3.63) is 30.8 Å². The maximum atomic E-state index is 9.74. The second-order valence-corrected chi connectivity index (χ2v) is 3.11. The van der Waals surface area contributed by atoms with E-state index in [0.717, 1.165) is 0 Å². The molecule has 0 radical (unpaired) electrons. The molecular formula is C2H12Cl3CoN5O2-. The van der Waals surface area contributed by atoms with Crippen LogP contribution in [-0.2, 0) is 21.6 Å². The van der Waals surface area contributed by atoms with Gasteiger partial charge in [0.1, 0.15) is 0 Å². The Bertz CT molecular complexity index is 100. The van der Waals surface area contributed by atoms with Crippen LogP contribution >= 0.6 is 34.8 Å². The molecule has 12 N–H and O–H groups in total. The Kier molecular flexibility index (Phi) is 70.1. The van der Waals surface area contributed by atoms with Gasteiger partial charge in [0.15, 0.2) is 0 Å². The first-order chi connectivity index (χ1) is 2.94. The molecule has 13 heavy (non-hydrogen) atoms. The first-order valence-electron chi connectivity index (χ1n) is 1.27. The van der Waals surface area contributed by atoms with Gasteiger partial charge in [-0.2, -0.15) is 0 Å². The van der Waals surface area contributed by atoms with Gasteiger partial charge in [-0.3, -0.25) is 0 Å². The van der Waals surface area contributed by atoms with Crippen molar-refractivity contribution in [2.45, 2.75) is 3.79 Å². The number of carbonyl (C=O) groups excluding carboxylic acids is 1. The first-order valence-corrected chi connectivity index (χ1v) is 2.40. The molecule has 0 heterocycles. The molecule has 0 unspecified atom stereocenters. The van der Waals surface area contributed by atoms with Crippen molar-refractivity contribution < 1.29 is 26.7 Å². The standard InChI is InChI=1S/C2HCl3O2.Co.5H2N/c3-2(4,5)1(6)7;;;;;;/h(H,6,7);;5*1H2/q;+3;5*-1/p+1. The Balaban J connectivity index is -0.0000000120. The maximum Gasteiger partial charge on any atom is 3.00 e.